The third-order valence-electron chi connectivity index (χ3n) is 2.42. The number of hydrogen-bond acceptors (Lipinski definition) is 2. The Morgan fingerprint density at radius 3 is 2.94 bits per heavy atom. The summed E-state index contributed by atoms with van der Waals surface area (Å²) in [6.07, 6.45) is 3.52. The Morgan fingerprint density at radius 2 is 2.31 bits per heavy atom. The third-order valence-corrected chi connectivity index (χ3v) is 2.70. The highest BCUT2D eigenvalue weighted by molar-refractivity contribution is 6.32. The predicted molar refractivity (Wildman–Crippen MR) is 64.1 cm³/mol. The highest BCUT2D eigenvalue weighted by atomic mass is 35.5. The van der Waals surface area contributed by atoms with E-state index in [1.165, 1.54) is 0 Å². The van der Waals surface area contributed by atoms with Crippen molar-refractivity contribution in [3.8, 4) is 0 Å². The quantitative estimate of drug-likeness (QED) is 0.768. The van der Waals surface area contributed by atoms with Gasteiger partial charge in [-0.05, 0) is 18.1 Å². The highest BCUT2D eigenvalue weighted by Crippen LogP contribution is 2.20. The molecule has 2 aromatic rings. The van der Waals surface area contributed by atoms with Crippen LogP contribution in [0.1, 0.15) is 30.0 Å². The Hall–Kier alpha value is -1.35. The van der Waals surface area contributed by atoms with Crippen molar-refractivity contribution in [3.63, 3.8) is 0 Å². The maximum Gasteiger partial charge on any atom is 0.155 e. The molecule has 0 amide bonds. The van der Waals surface area contributed by atoms with Crippen molar-refractivity contribution in [2.75, 3.05) is 0 Å². The van der Waals surface area contributed by atoms with Gasteiger partial charge in [0.1, 0.15) is 12.1 Å². The largest absolute Gasteiger partial charge is 0.302 e. The fourth-order valence-corrected chi connectivity index (χ4v) is 1.95. The van der Waals surface area contributed by atoms with Crippen molar-refractivity contribution in [2.45, 2.75) is 20.3 Å². The van der Waals surface area contributed by atoms with Gasteiger partial charge in [-0.15, -0.1) is 0 Å². The minimum Gasteiger partial charge on any atom is -0.302 e. The number of rotatable bonds is 3. The second-order valence-electron chi connectivity index (χ2n) is 4.25. The summed E-state index contributed by atoms with van der Waals surface area (Å²) in [6.45, 7) is 4.27. The number of hydrogen-bond donors (Lipinski definition) is 0. The maximum absolute atomic E-state index is 10.7. The summed E-state index contributed by atoms with van der Waals surface area (Å²) in [5.41, 5.74) is 1.41. The van der Waals surface area contributed by atoms with Crippen LogP contribution in [0.5, 0.6) is 0 Å². The zero-order valence-corrected chi connectivity index (χ0v) is 10.0. The monoisotopic (exact) mass is 236 g/mol. The Labute approximate surface area is 99.1 Å². The molecule has 0 saturated heterocycles. The van der Waals surface area contributed by atoms with Crippen molar-refractivity contribution in [3.05, 3.63) is 34.9 Å². The summed E-state index contributed by atoms with van der Waals surface area (Å²) in [5.74, 6) is 1.46. The molecular weight excluding hydrogens is 224 g/mol. The lowest BCUT2D eigenvalue weighted by Gasteiger charge is -2.03. The first-order valence-corrected chi connectivity index (χ1v) is 5.61. The van der Waals surface area contributed by atoms with Crippen molar-refractivity contribution in [2.24, 2.45) is 5.92 Å². The normalized spacial score (nSPS) is 11.2. The van der Waals surface area contributed by atoms with Crippen molar-refractivity contribution in [1.29, 1.82) is 0 Å². The smallest absolute Gasteiger partial charge is 0.155 e. The molecule has 0 aromatic carbocycles. The van der Waals surface area contributed by atoms with E-state index in [0.29, 0.717) is 16.6 Å². The van der Waals surface area contributed by atoms with Crippen molar-refractivity contribution in [1.82, 2.24) is 9.38 Å². The first kappa shape index (κ1) is 11.1. The SMILES string of the molecule is CC(C)Cc1nc(Cl)c2cc(C=O)ccn12. The molecule has 2 rings (SSSR count). The van der Waals surface area contributed by atoms with Crippen LogP contribution in [0.4, 0.5) is 0 Å². The molecule has 0 aliphatic rings. The molecule has 0 atom stereocenters. The molecule has 4 heteroatoms. The van der Waals surface area contributed by atoms with Gasteiger partial charge in [-0.3, -0.25) is 4.79 Å². The summed E-state index contributed by atoms with van der Waals surface area (Å²) >= 11 is 6.04. The van der Waals surface area contributed by atoms with Crippen LogP contribution in [-0.4, -0.2) is 15.7 Å². The number of aromatic nitrogens is 2. The summed E-state index contributed by atoms with van der Waals surface area (Å²) in [5, 5.41) is 0.458. The second-order valence-corrected chi connectivity index (χ2v) is 4.61. The first-order chi connectivity index (χ1) is 7.61. The molecule has 0 spiro atoms. The summed E-state index contributed by atoms with van der Waals surface area (Å²) in [4.78, 5) is 15.0. The van der Waals surface area contributed by atoms with Gasteiger partial charge in [0.25, 0.3) is 0 Å². The average molecular weight is 237 g/mol. The number of aldehydes is 1. The van der Waals surface area contributed by atoms with Gasteiger partial charge in [0.15, 0.2) is 5.15 Å². The Bertz CT molecular complexity index is 531. The lowest BCUT2D eigenvalue weighted by molar-refractivity contribution is 0.112. The van der Waals surface area contributed by atoms with Gasteiger partial charge < -0.3 is 4.40 Å². The minimum atomic E-state index is 0.458. The second kappa shape index (κ2) is 4.26. The van der Waals surface area contributed by atoms with Gasteiger partial charge in [0.2, 0.25) is 0 Å². The van der Waals surface area contributed by atoms with Crippen LogP contribution in [0.25, 0.3) is 5.52 Å². The summed E-state index contributed by atoms with van der Waals surface area (Å²) in [7, 11) is 0. The topological polar surface area (TPSA) is 34.4 Å². The molecule has 0 radical (unpaired) electrons. The molecule has 3 nitrogen and oxygen atoms in total. The molecule has 0 fully saturated rings. The fourth-order valence-electron chi connectivity index (χ4n) is 1.71. The van der Waals surface area contributed by atoms with E-state index in [1.807, 2.05) is 10.6 Å². The van der Waals surface area contributed by atoms with Crippen LogP contribution < -0.4 is 0 Å². The molecule has 16 heavy (non-hydrogen) atoms. The number of halogens is 1. The van der Waals surface area contributed by atoms with E-state index in [1.54, 1.807) is 12.1 Å². The highest BCUT2D eigenvalue weighted by Gasteiger charge is 2.10. The number of nitrogens with zero attached hydrogens (tertiary/aromatic N) is 2. The molecule has 2 aromatic heterocycles. The first-order valence-electron chi connectivity index (χ1n) is 5.23. The number of pyridine rings is 1. The molecule has 84 valence electrons. The molecule has 0 bridgehead atoms. The maximum atomic E-state index is 10.7. The van der Waals surface area contributed by atoms with E-state index in [-0.39, 0.29) is 0 Å². The van der Waals surface area contributed by atoms with Crippen LogP contribution in [0.2, 0.25) is 5.15 Å². The van der Waals surface area contributed by atoms with Gasteiger partial charge in [-0.25, -0.2) is 4.98 Å². The lowest BCUT2D eigenvalue weighted by Crippen LogP contribution is -2.00. The lowest BCUT2D eigenvalue weighted by atomic mass is 10.1. The van der Waals surface area contributed by atoms with Crippen LogP contribution in [0, 0.1) is 5.92 Å². The van der Waals surface area contributed by atoms with Crippen LogP contribution in [0.3, 0.4) is 0 Å². The zero-order valence-electron chi connectivity index (χ0n) is 9.27. The number of fused-ring (bicyclic) bond motifs is 1. The van der Waals surface area contributed by atoms with E-state index < -0.39 is 0 Å². The third kappa shape index (κ3) is 1.95. The number of carbonyl (C=O) groups is 1. The standard InChI is InChI=1S/C12H13ClN2O/c1-8(2)5-11-14-12(13)10-6-9(7-16)3-4-15(10)11/h3-4,6-8H,5H2,1-2H3. The van der Waals surface area contributed by atoms with Crippen LogP contribution in [-0.2, 0) is 6.42 Å². The molecule has 0 aliphatic heterocycles. The average Bonchev–Trinajstić information content (AvgIpc) is 2.54. The van der Waals surface area contributed by atoms with Crippen molar-refractivity contribution < 1.29 is 4.79 Å². The fraction of sp³-hybridized carbons (Fsp3) is 0.333. The van der Waals surface area contributed by atoms with E-state index in [9.17, 15) is 4.79 Å². The molecule has 0 unspecified atom stereocenters. The van der Waals surface area contributed by atoms with Crippen molar-refractivity contribution >= 4 is 23.4 Å². The minimum absolute atomic E-state index is 0.458. The summed E-state index contributed by atoms with van der Waals surface area (Å²) < 4.78 is 1.94. The molecule has 2 heterocycles. The van der Waals surface area contributed by atoms with E-state index in [4.69, 9.17) is 11.6 Å². The number of imidazole rings is 1. The van der Waals surface area contributed by atoms with Gasteiger partial charge in [0, 0.05) is 18.2 Å². The molecule has 0 N–H and O–H groups in total. The van der Waals surface area contributed by atoms with Gasteiger partial charge in [-0.1, -0.05) is 25.4 Å². The predicted octanol–water partition coefficient (Wildman–Crippen LogP) is 3.00. The van der Waals surface area contributed by atoms with E-state index >= 15 is 0 Å². The van der Waals surface area contributed by atoms with Crippen LogP contribution in [0.15, 0.2) is 18.3 Å². The van der Waals surface area contributed by atoms with E-state index in [2.05, 4.69) is 18.8 Å². The van der Waals surface area contributed by atoms with Gasteiger partial charge in [0.05, 0.1) is 5.52 Å². The molecular formula is C12H13ClN2O. The Kier molecular flexibility index (Phi) is 2.97. The molecule has 0 saturated carbocycles. The molecule has 0 aliphatic carbocycles. The van der Waals surface area contributed by atoms with Gasteiger partial charge in [-0.2, -0.15) is 0 Å². The Balaban J connectivity index is 2.57. The summed E-state index contributed by atoms with van der Waals surface area (Å²) in [6, 6.07) is 3.52. The number of carbonyl (C=O) groups excluding carboxylic acids is 1. The Morgan fingerprint density at radius 1 is 1.56 bits per heavy atom. The van der Waals surface area contributed by atoms with Gasteiger partial charge >= 0.3 is 0 Å². The zero-order chi connectivity index (χ0) is 11.7. The van der Waals surface area contributed by atoms with Crippen LogP contribution >= 0.6 is 11.6 Å². The van der Waals surface area contributed by atoms with E-state index in [0.717, 1.165) is 24.0 Å².